The van der Waals surface area contributed by atoms with Crippen molar-refractivity contribution >= 4 is 11.8 Å². The van der Waals surface area contributed by atoms with Gasteiger partial charge in [-0.05, 0) is 18.9 Å². The summed E-state index contributed by atoms with van der Waals surface area (Å²) < 4.78 is 7.15. The number of hydrogen-bond acceptors (Lipinski definition) is 5. The Hall–Kier alpha value is -2.15. The van der Waals surface area contributed by atoms with E-state index in [1.807, 2.05) is 4.68 Å². The van der Waals surface area contributed by atoms with Gasteiger partial charge in [0.15, 0.2) is 0 Å². The van der Waals surface area contributed by atoms with Crippen LogP contribution < -0.4 is 10.6 Å². The Morgan fingerprint density at radius 2 is 2.27 bits per heavy atom. The molecular formula is C15H19N5O2. The summed E-state index contributed by atoms with van der Waals surface area (Å²) in [7, 11) is 0. The first-order valence-corrected chi connectivity index (χ1v) is 7.86. The molecule has 2 aliphatic rings. The van der Waals surface area contributed by atoms with Gasteiger partial charge < -0.3 is 9.84 Å². The average molecular weight is 301 g/mol. The molecule has 0 unspecified atom stereocenters. The highest BCUT2D eigenvalue weighted by molar-refractivity contribution is 6.02. The van der Waals surface area contributed by atoms with E-state index in [0.29, 0.717) is 24.2 Å². The van der Waals surface area contributed by atoms with Gasteiger partial charge in [-0.1, -0.05) is 18.0 Å². The number of anilines is 1. The average Bonchev–Trinajstić information content (AvgIpc) is 3.27. The van der Waals surface area contributed by atoms with Gasteiger partial charge in [0.1, 0.15) is 5.69 Å². The summed E-state index contributed by atoms with van der Waals surface area (Å²) in [5, 5.41) is 14.5. The molecule has 116 valence electrons. The lowest BCUT2D eigenvalue weighted by Crippen LogP contribution is -2.25. The third kappa shape index (κ3) is 2.31. The number of rotatable bonds is 3. The normalized spacial score (nSPS) is 18.4. The highest BCUT2D eigenvalue weighted by atomic mass is 16.5. The molecule has 1 fully saturated rings. The van der Waals surface area contributed by atoms with Crippen molar-refractivity contribution in [1.82, 2.24) is 20.3 Å². The van der Waals surface area contributed by atoms with Gasteiger partial charge in [0, 0.05) is 25.7 Å². The van der Waals surface area contributed by atoms with Crippen LogP contribution in [-0.4, -0.2) is 27.4 Å². The van der Waals surface area contributed by atoms with Crippen molar-refractivity contribution in [2.45, 2.75) is 44.7 Å². The Labute approximate surface area is 128 Å². The number of nitrogens with zero attached hydrogens (tertiary/aromatic N) is 3. The summed E-state index contributed by atoms with van der Waals surface area (Å²) in [6, 6.07) is 2.09. The molecule has 22 heavy (non-hydrogen) atoms. The second kappa shape index (κ2) is 5.57. The van der Waals surface area contributed by atoms with E-state index in [1.165, 1.54) is 12.8 Å². The van der Waals surface area contributed by atoms with Crippen LogP contribution in [0.1, 0.15) is 53.5 Å². The Bertz CT molecular complexity index is 684. The molecule has 1 saturated carbocycles. The van der Waals surface area contributed by atoms with Crippen molar-refractivity contribution in [2.24, 2.45) is 0 Å². The zero-order valence-electron chi connectivity index (χ0n) is 12.3. The molecule has 1 aliphatic heterocycles. The molecule has 0 saturated heterocycles. The van der Waals surface area contributed by atoms with E-state index in [1.54, 1.807) is 12.3 Å². The minimum Gasteiger partial charge on any atom is -0.338 e. The molecule has 0 atom stereocenters. The Morgan fingerprint density at radius 3 is 3.14 bits per heavy atom. The lowest BCUT2D eigenvalue weighted by molar-refractivity contribution is 0.101. The molecule has 0 bridgehead atoms. The van der Waals surface area contributed by atoms with Crippen LogP contribution in [0, 0.1) is 0 Å². The SMILES string of the molecule is O=C(Nc1onc2c1CNCC2)c1ccnn1C1CCCC1. The summed E-state index contributed by atoms with van der Waals surface area (Å²) in [4.78, 5) is 12.6. The third-order valence-electron chi connectivity index (χ3n) is 4.51. The van der Waals surface area contributed by atoms with Gasteiger partial charge in [-0.25, -0.2) is 0 Å². The lowest BCUT2D eigenvalue weighted by atomic mass is 10.1. The first kappa shape index (κ1) is 13.5. The van der Waals surface area contributed by atoms with Gasteiger partial charge in [0.2, 0.25) is 5.88 Å². The quantitative estimate of drug-likeness (QED) is 0.904. The van der Waals surface area contributed by atoms with E-state index in [2.05, 4.69) is 20.9 Å². The minimum atomic E-state index is -0.186. The predicted octanol–water partition coefficient (Wildman–Crippen LogP) is 1.88. The van der Waals surface area contributed by atoms with Gasteiger partial charge >= 0.3 is 0 Å². The Morgan fingerprint density at radius 1 is 1.41 bits per heavy atom. The standard InChI is InChI=1S/C15H19N5O2/c21-14(13-6-8-17-20(13)10-3-1-2-4-10)18-15-11-9-16-7-5-12(11)19-22-15/h6,8,10,16H,1-5,7,9H2,(H,18,21). The van der Waals surface area contributed by atoms with Gasteiger partial charge in [0.05, 0.1) is 17.3 Å². The monoisotopic (exact) mass is 301 g/mol. The Kier molecular flexibility index (Phi) is 3.42. The van der Waals surface area contributed by atoms with Crippen molar-refractivity contribution in [2.75, 3.05) is 11.9 Å². The zero-order valence-corrected chi connectivity index (χ0v) is 12.3. The zero-order chi connectivity index (χ0) is 14.9. The van der Waals surface area contributed by atoms with Crippen molar-refractivity contribution in [1.29, 1.82) is 0 Å². The number of carbonyl (C=O) groups is 1. The van der Waals surface area contributed by atoms with Crippen LogP contribution in [0.25, 0.3) is 0 Å². The van der Waals surface area contributed by atoms with Crippen LogP contribution in [-0.2, 0) is 13.0 Å². The number of fused-ring (bicyclic) bond motifs is 1. The molecule has 7 nitrogen and oxygen atoms in total. The molecule has 3 heterocycles. The largest absolute Gasteiger partial charge is 0.338 e. The van der Waals surface area contributed by atoms with Gasteiger partial charge in [-0.3, -0.25) is 14.8 Å². The topological polar surface area (TPSA) is 85.0 Å². The van der Waals surface area contributed by atoms with E-state index >= 15 is 0 Å². The summed E-state index contributed by atoms with van der Waals surface area (Å²) in [6.07, 6.45) is 7.09. The highest BCUT2D eigenvalue weighted by Gasteiger charge is 2.25. The maximum Gasteiger partial charge on any atom is 0.276 e. The number of carbonyl (C=O) groups excluding carboxylic acids is 1. The number of hydrogen-bond donors (Lipinski definition) is 2. The molecule has 2 aromatic heterocycles. The highest BCUT2D eigenvalue weighted by Crippen LogP contribution is 2.30. The number of aromatic nitrogens is 3. The first-order valence-electron chi connectivity index (χ1n) is 7.86. The fraction of sp³-hybridized carbons (Fsp3) is 0.533. The summed E-state index contributed by atoms with van der Waals surface area (Å²) in [5.74, 6) is 0.264. The number of amides is 1. The molecule has 0 aromatic carbocycles. The third-order valence-corrected chi connectivity index (χ3v) is 4.51. The maximum absolute atomic E-state index is 12.6. The molecule has 1 amide bonds. The van der Waals surface area contributed by atoms with Crippen molar-refractivity contribution in [3.05, 3.63) is 29.2 Å². The van der Waals surface area contributed by atoms with E-state index < -0.39 is 0 Å². The predicted molar refractivity (Wildman–Crippen MR) is 79.6 cm³/mol. The molecule has 1 aliphatic carbocycles. The van der Waals surface area contributed by atoms with Gasteiger partial charge in [-0.2, -0.15) is 5.10 Å². The van der Waals surface area contributed by atoms with Gasteiger partial charge in [0.25, 0.3) is 5.91 Å². The van der Waals surface area contributed by atoms with Crippen LogP contribution >= 0.6 is 0 Å². The summed E-state index contributed by atoms with van der Waals surface area (Å²) in [5.41, 5.74) is 2.46. The molecule has 0 spiro atoms. The van der Waals surface area contributed by atoms with Crippen LogP contribution in [0.4, 0.5) is 5.88 Å². The van der Waals surface area contributed by atoms with Crippen molar-refractivity contribution < 1.29 is 9.32 Å². The summed E-state index contributed by atoms with van der Waals surface area (Å²) in [6.45, 7) is 1.57. The first-order chi connectivity index (χ1) is 10.8. The van der Waals surface area contributed by atoms with Crippen molar-refractivity contribution in [3.8, 4) is 0 Å². The minimum absolute atomic E-state index is 0.186. The van der Waals surface area contributed by atoms with Crippen molar-refractivity contribution in [3.63, 3.8) is 0 Å². The van der Waals surface area contributed by atoms with E-state index in [9.17, 15) is 4.79 Å². The number of nitrogens with one attached hydrogen (secondary N) is 2. The van der Waals surface area contributed by atoms with Crippen LogP contribution in [0.15, 0.2) is 16.8 Å². The van der Waals surface area contributed by atoms with E-state index in [4.69, 9.17) is 4.52 Å². The van der Waals surface area contributed by atoms with Crippen LogP contribution in [0.2, 0.25) is 0 Å². The maximum atomic E-state index is 12.6. The smallest absolute Gasteiger partial charge is 0.276 e. The lowest BCUT2D eigenvalue weighted by Gasteiger charge is -2.14. The molecule has 4 rings (SSSR count). The van der Waals surface area contributed by atoms with Gasteiger partial charge in [-0.15, -0.1) is 0 Å². The molecule has 2 aromatic rings. The second-order valence-electron chi connectivity index (χ2n) is 5.92. The second-order valence-corrected chi connectivity index (χ2v) is 5.92. The molecule has 7 heteroatoms. The van der Waals surface area contributed by atoms with E-state index in [-0.39, 0.29) is 5.91 Å². The Balaban J connectivity index is 1.55. The van der Waals surface area contributed by atoms with Crippen LogP contribution in [0.5, 0.6) is 0 Å². The molecule has 2 N–H and O–H groups in total. The van der Waals surface area contributed by atoms with Crippen LogP contribution in [0.3, 0.4) is 0 Å². The molecule has 0 radical (unpaired) electrons. The van der Waals surface area contributed by atoms with E-state index in [0.717, 1.165) is 37.1 Å². The summed E-state index contributed by atoms with van der Waals surface area (Å²) >= 11 is 0. The fourth-order valence-electron chi connectivity index (χ4n) is 3.34. The fourth-order valence-corrected chi connectivity index (χ4v) is 3.34. The molecular weight excluding hydrogens is 282 g/mol.